The van der Waals surface area contributed by atoms with Gasteiger partial charge in [0, 0.05) is 17.6 Å². The van der Waals surface area contributed by atoms with Gasteiger partial charge >= 0.3 is 11.9 Å². The molecule has 4 aliphatic rings. The molecule has 1 atom stereocenters. The molecule has 1 aromatic carbocycles. The van der Waals surface area contributed by atoms with E-state index in [9.17, 15) is 19.5 Å². The Morgan fingerprint density at radius 3 is 2.26 bits per heavy atom. The molecular weight excluding hydrogens is 436 g/mol. The number of aliphatic hydroxyl groups is 1. The van der Waals surface area contributed by atoms with Gasteiger partial charge in [0.15, 0.2) is 0 Å². The van der Waals surface area contributed by atoms with Gasteiger partial charge in [-0.25, -0.2) is 9.59 Å². The summed E-state index contributed by atoms with van der Waals surface area (Å²) in [7, 11) is 0. The lowest BCUT2D eigenvalue weighted by molar-refractivity contribution is -0.139. The maximum Gasteiger partial charge on any atom is 0.338 e. The summed E-state index contributed by atoms with van der Waals surface area (Å²) >= 11 is 0. The number of esters is 2. The van der Waals surface area contributed by atoms with E-state index in [4.69, 9.17) is 9.47 Å². The highest BCUT2D eigenvalue weighted by molar-refractivity contribution is 5.94. The van der Waals surface area contributed by atoms with Gasteiger partial charge in [0.2, 0.25) is 5.91 Å². The second-order valence-corrected chi connectivity index (χ2v) is 10.6. The van der Waals surface area contributed by atoms with Crippen molar-refractivity contribution >= 4 is 17.8 Å². The number of cyclic esters (lactones) is 2. The van der Waals surface area contributed by atoms with Crippen molar-refractivity contribution in [3.8, 4) is 0 Å². The Morgan fingerprint density at radius 1 is 0.971 bits per heavy atom. The molecule has 1 spiro atoms. The molecule has 8 heteroatoms. The fourth-order valence-corrected chi connectivity index (χ4v) is 6.02. The highest BCUT2D eigenvalue weighted by atomic mass is 16.5. The molecule has 0 unspecified atom stereocenters. The molecule has 1 N–H and O–H groups in total. The summed E-state index contributed by atoms with van der Waals surface area (Å²) < 4.78 is 10.3. The third-order valence-electron chi connectivity index (χ3n) is 8.62. The fraction of sp³-hybridized carbons (Fsp3) is 0.577. The van der Waals surface area contributed by atoms with Gasteiger partial charge in [-0.15, -0.1) is 0 Å². The topological polar surface area (TPSA) is 96.4 Å². The molecule has 4 aliphatic heterocycles. The summed E-state index contributed by atoms with van der Waals surface area (Å²) in [6, 6.07) is 3.58. The van der Waals surface area contributed by atoms with E-state index in [1.54, 1.807) is 17.9 Å². The van der Waals surface area contributed by atoms with Crippen molar-refractivity contribution in [2.75, 3.05) is 26.2 Å². The Bertz CT molecular complexity index is 1110. The molecular formula is C26H32N2O6. The molecule has 2 fully saturated rings. The Kier molecular flexibility index (Phi) is 5.37. The number of likely N-dealkylation sites (tertiary alicyclic amines) is 2. The molecule has 182 valence electrons. The number of amides is 1. The number of hydrogen-bond acceptors (Lipinski definition) is 7. The molecule has 8 nitrogen and oxygen atoms in total. The molecule has 5 rings (SSSR count). The fourth-order valence-electron chi connectivity index (χ4n) is 6.02. The Labute approximate surface area is 199 Å². The highest BCUT2D eigenvalue weighted by Gasteiger charge is 2.52. The van der Waals surface area contributed by atoms with Gasteiger partial charge in [-0.1, -0.05) is 6.07 Å². The SMILES string of the molecule is CC1=C(N2CCC3(CCN(C(C)(C)[C@@H](O)c4ccc5c(c4C)COC5=O)CC3)C2=O)COC1=O. The number of piperidine rings is 1. The average molecular weight is 469 g/mol. The summed E-state index contributed by atoms with van der Waals surface area (Å²) in [4.78, 5) is 41.1. The van der Waals surface area contributed by atoms with Gasteiger partial charge < -0.3 is 19.5 Å². The first kappa shape index (κ1) is 23.1. The molecule has 4 heterocycles. The number of carbonyl (C=O) groups excluding carboxylic acids is 3. The van der Waals surface area contributed by atoms with Crippen LogP contribution in [0.5, 0.6) is 0 Å². The van der Waals surface area contributed by atoms with E-state index < -0.39 is 17.1 Å². The van der Waals surface area contributed by atoms with Crippen LogP contribution in [-0.2, 0) is 25.7 Å². The number of ether oxygens (including phenoxy) is 2. The predicted octanol–water partition coefficient (Wildman–Crippen LogP) is 2.62. The predicted molar refractivity (Wildman–Crippen MR) is 123 cm³/mol. The molecule has 0 aromatic heterocycles. The van der Waals surface area contributed by atoms with Crippen LogP contribution in [0.1, 0.15) is 73.2 Å². The second-order valence-electron chi connectivity index (χ2n) is 10.6. The van der Waals surface area contributed by atoms with Gasteiger partial charge in [-0.2, -0.15) is 0 Å². The van der Waals surface area contributed by atoms with E-state index in [0.717, 1.165) is 23.1 Å². The van der Waals surface area contributed by atoms with Crippen molar-refractivity contribution < 1.29 is 29.0 Å². The average Bonchev–Trinajstić information content (AvgIpc) is 3.46. The number of aliphatic hydroxyl groups excluding tert-OH is 1. The Balaban J connectivity index is 1.31. The Morgan fingerprint density at radius 2 is 1.62 bits per heavy atom. The first-order chi connectivity index (χ1) is 16.1. The smallest absolute Gasteiger partial charge is 0.338 e. The van der Waals surface area contributed by atoms with Crippen molar-refractivity contribution in [3.05, 3.63) is 45.7 Å². The van der Waals surface area contributed by atoms with E-state index in [1.807, 2.05) is 26.8 Å². The summed E-state index contributed by atoms with van der Waals surface area (Å²) in [6.45, 7) is 10.1. The normalized spacial score (nSPS) is 23.6. The summed E-state index contributed by atoms with van der Waals surface area (Å²) in [5, 5.41) is 11.4. The van der Waals surface area contributed by atoms with E-state index in [1.165, 1.54) is 0 Å². The van der Waals surface area contributed by atoms with Crippen molar-refractivity contribution in [2.24, 2.45) is 5.41 Å². The minimum Gasteiger partial charge on any atom is -0.457 e. The zero-order valence-corrected chi connectivity index (χ0v) is 20.3. The van der Waals surface area contributed by atoms with Gasteiger partial charge in [-0.3, -0.25) is 9.69 Å². The van der Waals surface area contributed by atoms with Gasteiger partial charge in [-0.05, 0) is 77.2 Å². The molecule has 2 saturated heterocycles. The molecule has 0 aliphatic carbocycles. The van der Waals surface area contributed by atoms with Crippen molar-refractivity contribution in [2.45, 2.75) is 65.2 Å². The molecule has 0 saturated carbocycles. The van der Waals surface area contributed by atoms with Crippen LogP contribution in [-0.4, -0.2) is 64.5 Å². The second kappa shape index (κ2) is 7.92. The molecule has 0 bridgehead atoms. The number of benzene rings is 1. The number of rotatable bonds is 4. The monoisotopic (exact) mass is 468 g/mol. The summed E-state index contributed by atoms with van der Waals surface area (Å²) in [5.74, 6) is -0.557. The quantitative estimate of drug-likeness (QED) is 0.679. The molecule has 0 radical (unpaired) electrons. The van der Waals surface area contributed by atoms with Crippen LogP contribution in [0.4, 0.5) is 0 Å². The van der Waals surface area contributed by atoms with Crippen molar-refractivity contribution in [1.82, 2.24) is 9.80 Å². The molecule has 1 aromatic rings. The van der Waals surface area contributed by atoms with Crippen LogP contribution in [0.3, 0.4) is 0 Å². The number of carbonyl (C=O) groups is 3. The van der Waals surface area contributed by atoms with Crippen molar-refractivity contribution in [1.29, 1.82) is 0 Å². The first-order valence-electron chi connectivity index (χ1n) is 12.0. The molecule has 1 amide bonds. The van der Waals surface area contributed by atoms with Crippen LogP contribution in [0, 0.1) is 12.3 Å². The number of hydrogen-bond donors (Lipinski definition) is 1. The zero-order valence-electron chi connectivity index (χ0n) is 20.3. The Hall–Kier alpha value is -2.71. The van der Waals surface area contributed by atoms with Gasteiger partial charge in [0.25, 0.3) is 0 Å². The molecule has 34 heavy (non-hydrogen) atoms. The highest BCUT2D eigenvalue weighted by Crippen LogP contribution is 2.46. The number of nitrogens with zero attached hydrogens (tertiary/aromatic N) is 2. The van der Waals surface area contributed by atoms with Crippen LogP contribution in [0.25, 0.3) is 0 Å². The number of fused-ring (bicyclic) bond motifs is 1. The van der Waals surface area contributed by atoms with Gasteiger partial charge in [0.1, 0.15) is 13.2 Å². The first-order valence-corrected chi connectivity index (χ1v) is 12.0. The third kappa shape index (κ3) is 3.30. The van der Waals surface area contributed by atoms with E-state index in [-0.39, 0.29) is 31.1 Å². The van der Waals surface area contributed by atoms with Crippen LogP contribution in [0.15, 0.2) is 23.4 Å². The van der Waals surface area contributed by atoms with E-state index in [0.29, 0.717) is 49.3 Å². The van der Waals surface area contributed by atoms with Crippen molar-refractivity contribution in [3.63, 3.8) is 0 Å². The van der Waals surface area contributed by atoms with Crippen LogP contribution < -0.4 is 0 Å². The van der Waals surface area contributed by atoms with E-state index >= 15 is 0 Å². The maximum absolute atomic E-state index is 13.4. The lowest BCUT2D eigenvalue weighted by Gasteiger charge is -2.48. The summed E-state index contributed by atoms with van der Waals surface area (Å²) in [6.07, 6.45) is 1.44. The van der Waals surface area contributed by atoms with E-state index in [2.05, 4.69) is 4.90 Å². The minimum absolute atomic E-state index is 0.0947. The lowest BCUT2D eigenvalue weighted by Crippen LogP contribution is -2.54. The third-order valence-corrected chi connectivity index (χ3v) is 8.62. The maximum atomic E-state index is 13.4. The zero-order chi connectivity index (χ0) is 24.4. The lowest BCUT2D eigenvalue weighted by atomic mass is 9.75. The standard InChI is InChI=1S/C26H32N2O6/c1-15-17(5-6-18-19(15)13-33-23(18)31)21(29)25(3,4)27-10-7-26(8-11-27)9-12-28(24(26)32)20-14-34-22(30)16(20)2/h5-6,21,29H,7-14H2,1-4H3/t21-/m0/s1. The van der Waals surface area contributed by atoms with Crippen LogP contribution >= 0.6 is 0 Å². The largest absolute Gasteiger partial charge is 0.457 e. The minimum atomic E-state index is -0.757. The summed E-state index contributed by atoms with van der Waals surface area (Å²) in [5.41, 5.74) is 3.40. The van der Waals surface area contributed by atoms with Crippen LogP contribution in [0.2, 0.25) is 0 Å². The van der Waals surface area contributed by atoms with Gasteiger partial charge in [0.05, 0.1) is 28.4 Å².